The summed E-state index contributed by atoms with van der Waals surface area (Å²) in [6.07, 6.45) is 7.67. The Labute approximate surface area is 128 Å². The first-order valence-electron chi connectivity index (χ1n) is 9.03. The van der Waals surface area contributed by atoms with E-state index >= 15 is 0 Å². The number of hydrogen-bond donors (Lipinski definition) is 1. The lowest BCUT2D eigenvalue weighted by molar-refractivity contribution is 0.100. The zero-order valence-corrected chi connectivity index (χ0v) is 15.1. The van der Waals surface area contributed by atoms with Crippen LogP contribution in [0.3, 0.4) is 0 Å². The van der Waals surface area contributed by atoms with Gasteiger partial charge in [-0.15, -0.1) is 0 Å². The predicted octanol–water partition coefficient (Wildman–Crippen LogP) is 4.69. The van der Waals surface area contributed by atoms with Crippen LogP contribution >= 0.6 is 0 Å². The van der Waals surface area contributed by atoms with Crippen molar-refractivity contribution in [1.82, 2.24) is 10.2 Å². The first-order valence-corrected chi connectivity index (χ1v) is 9.03. The van der Waals surface area contributed by atoms with Crippen molar-refractivity contribution in [3.63, 3.8) is 0 Å². The molecule has 0 bridgehead atoms. The molecule has 0 aliphatic carbocycles. The summed E-state index contributed by atoms with van der Waals surface area (Å²) in [6, 6.07) is 0.713. The Morgan fingerprint density at radius 2 is 1.65 bits per heavy atom. The maximum atomic E-state index is 3.67. The fraction of sp³-hybridized carbons (Fsp3) is 1.00. The van der Waals surface area contributed by atoms with E-state index in [9.17, 15) is 0 Å². The molecule has 0 aliphatic rings. The Morgan fingerprint density at radius 3 is 2.10 bits per heavy atom. The molecule has 2 nitrogen and oxygen atoms in total. The standard InChI is InChI=1S/C18H40N2/c1-7-12-14-20(17(6)9-3)16-18(10-4,11-5)15-19-13-8-2/h17,19H,7-16H2,1-6H3. The number of hydrogen-bond acceptors (Lipinski definition) is 2. The molecule has 0 fully saturated rings. The molecule has 0 aromatic heterocycles. The fourth-order valence-electron chi connectivity index (χ4n) is 2.82. The van der Waals surface area contributed by atoms with E-state index in [-0.39, 0.29) is 0 Å². The van der Waals surface area contributed by atoms with E-state index in [1.807, 2.05) is 0 Å². The molecule has 0 saturated heterocycles. The van der Waals surface area contributed by atoms with Crippen LogP contribution in [0.4, 0.5) is 0 Å². The van der Waals surface area contributed by atoms with E-state index in [1.54, 1.807) is 0 Å². The Hall–Kier alpha value is -0.0800. The zero-order valence-electron chi connectivity index (χ0n) is 15.1. The van der Waals surface area contributed by atoms with Gasteiger partial charge in [0, 0.05) is 19.1 Å². The third-order valence-corrected chi connectivity index (χ3v) is 4.98. The average molecular weight is 285 g/mol. The number of nitrogens with one attached hydrogen (secondary N) is 1. The highest BCUT2D eigenvalue weighted by Gasteiger charge is 2.29. The van der Waals surface area contributed by atoms with Gasteiger partial charge in [0.25, 0.3) is 0 Å². The summed E-state index contributed by atoms with van der Waals surface area (Å²) in [5, 5.41) is 3.67. The van der Waals surface area contributed by atoms with Crippen LogP contribution in [-0.2, 0) is 0 Å². The van der Waals surface area contributed by atoms with Crippen molar-refractivity contribution in [2.24, 2.45) is 5.41 Å². The summed E-state index contributed by atoms with van der Waals surface area (Å²) in [7, 11) is 0. The molecule has 0 aromatic carbocycles. The topological polar surface area (TPSA) is 15.3 Å². The molecule has 0 saturated carbocycles. The van der Waals surface area contributed by atoms with Crippen LogP contribution < -0.4 is 5.32 Å². The smallest absolute Gasteiger partial charge is 0.00645 e. The minimum absolute atomic E-state index is 0.451. The van der Waals surface area contributed by atoms with Crippen LogP contribution in [-0.4, -0.2) is 37.1 Å². The van der Waals surface area contributed by atoms with Crippen molar-refractivity contribution >= 4 is 0 Å². The molecule has 122 valence electrons. The highest BCUT2D eigenvalue weighted by Crippen LogP contribution is 2.28. The predicted molar refractivity (Wildman–Crippen MR) is 92.4 cm³/mol. The van der Waals surface area contributed by atoms with Crippen LogP contribution in [0.5, 0.6) is 0 Å². The van der Waals surface area contributed by atoms with Crippen LogP contribution in [0, 0.1) is 5.41 Å². The van der Waals surface area contributed by atoms with Gasteiger partial charge in [-0.3, -0.25) is 0 Å². The van der Waals surface area contributed by atoms with Gasteiger partial charge in [0.15, 0.2) is 0 Å². The van der Waals surface area contributed by atoms with E-state index in [0.717, 1.165) is 6.54 Å². The largest absolute Gasteiger partial charge is 0.316 e. The molecule has 0 spiro atoms. The van der Waals surface area contributed by atoms with Gasteiger partial charge in [-0.2, -0.15) is 0 Å². The van der Waals surface area contributed by atoms with Crippen molar-refractivity contribution in [3.05, 3.63) is 0 Å². The molecular weight excluding hydrogens is 244 g/mol. The van der Waals surface area contributed by atoms with E-state index in [0.29, 0.717) is 11.5 Å². The Bertz CT molecular complexity index is 211. The molecule has 0 amide bonds. The van der Waals surface area contributed by atoms with Crippen LogP contribution in [0.15, 0.2) is 0 Å². The van der Waals surface area contributed by atoms with Gasteiger partial charge >= 0.3 is 0 Å². The van der Waals surface area contributed by atoms with Crippen LogP contribution in [0.2, 0.25) is 0 Å². The first kappa shape index (κ1) is 19.9. The van der Waals surface area contributed by atoms with Gasteiger partial charge in [0.1, 0.15) is 0 Å². The van der Waals surface area contributed by atoms with Crippen LogP contribution in [0.25, 0.3) is 0 Å². The number of unbranched alkanes of at least 4 members (excludes halogenated alkanes) is 1. The second-order valence-electron chi connectivity index (χ2n) is 6.47. The second kappa shape index (κ2) is 11.6. The summed E-state index contributed by atoms with van der Waals surface area (Å²) in [6.45, 7) is 18.8. The molecule has 1 N–H and O–H groups in total. The first-order chi connectivity index (χ1) is 9.59. The fourth-order valence-corrected chi connectivity index (χ4v) is 2.82. The van der Waals surface area contributed by atoms with Gasteiger partial charge in [-0.1, -0.05) is 41.0 Å². The Balaban J connectivity index is 4.68. The Kier molecular flexibility index (Phi) is 11.5. The quantitative estimate of drug-likeness (QED) is 0.493. The zero-order chi connectivity index (χ0) is 15.4. The molecule has 2 heteroatoms. The molecule has 1 unspecified atom stereocenters. The summed E-state index contributed by atoms with van der Waals surface area (Å²) >= 11 is 0. The molecular formula is C18H40N2. The molecule has 0 heterocycles. The maximum absolute atomic E-state index is 3.67. The van der Waals surface area contributed by atoms with E-state index in [2.05, 4.69) is 51.8 Å². The summed E-state index contributed by atoms with van der Waals surface area (Å²) < 4.78 is 0. The van der Waals surface area contributed by atoms with Crippen molar-refractivity contribution in [2.45, 2.75) is 86.1 Å². The van der Waals surface area contributed by atoms with Crippen molar-refractivity contribution in [1.29, 1.82) is 0 Å². The highest BCUT2D eigenvalue weighted by molar-refractivity contribution is 4.84. The number of rotatable bonds is 13. The van der Waals surface area contributed by atoms with Gasteiger partial charge < -0.3 is 10.2 Å². The number of nitrogens with zero attached hydrogens (tertiary/aromatic N) is 1. The molecule has 0 aromatic rings. The van der Waals surface area contributed by atoms with Gasteiger partial charge in [-0.25, -0.2) is 0 Å². The maximum Gasteiger partial charge on any atom is 0.00645 e. The minimum Gasteiger partial charge on any atom is -0.316 e. The highest BCUT2D eigenvalue weighted by atomic mass is 15.2. The van der Waals surface area contributed by atoms with Crippen LogP contribution in [0.1, 0.15) is 80.1 Å². The molecule has 1 atom stereocenters. The lowest BCUT2D eigenvalue weighted by atomic mass is 9.81. The minimum atomic E-state index is 0.451. The molecule has 0 aliphatic heterocycles. The van der Waals surface area contributed by atoms with Crippen molar-refractivity contribution in [2.75, 3.05) is 26.2 Å². The lowest BCUT2D eigenvalue weighted by Gasteiger charge is -2.40. The third-order valence-electron chi connectivity index (χ3n) is 4.98. The summed E-state index contributed by atoms with van der Waals surface area (Å²) in [4.78, 5) is 2.74. The summed E-state index contributed by atoms with van der Waals surface area (Å²) in [5.74, 6) is 0. The summed E-state index contributed by atoms with van der Waals surface area (Å²) in [5.41, 5.74) is 0.451. The molecule has 0 rings (SSSR count). The van der Waals surface area contributed by atoms with Gasteiger partial charge in [0.2, 0.25) is 0 Å². The Morgan fingerprint density at radius 1 is 1.00 bits per heavy atom. The average Bonchev–Trinajstić information content (AvgIpc) is 2.49. The third kappa shape index (κ3) is 7.08. The van der Waals surface area contributed by atoms with Gasteiger partial charge in [-0.05, 0) is 57.5 Å². The molecule has 0 radical (unpaired) electrons. The van der Waals surface area contributed by atoms with E-state index in [4.69, 9.17) is 0 Å². The van der Waals surface area contributed by atoms with Crippen molar-refractivity contribution < 1.29 is 0 Å². The molecule has 20 heavy (non-hydrogen) atoms. The van der Waals surface area contributed by atoms with E-state index < -0.39 is 0 Å². The normalized spacial score (nSPS) is 13.9. The second-order valence-corrected chi connectivity index (χ2v) is 6.47. The van der Waals surface area contributed by atoms with Crippen molar-refractivity contribution in [3.8, 4) is 0 Å². The monoisotopic (exact) mass is 284 g/mol. The van der Waals surface area contributed by atoms with E-state index in [1.165, 1.54) is 58.2 Å². The SMILES string of the molecule is CCCCN(CC(CC)(CC)CNCCC)C(C)CC. The lowest BCUT2D eigenvalue weighted by Crippen LogP contribution is -2.47. The van der Waals surface area contributed by atoms with Gasteiger partial charge in [0.05, 0.1) is 0 Å².